The molecule has 0 aromatic heterocycles. The first kappa shape index (κ1) is 21.0. The van der Waals surface area contributed by atoms with Gasteiger partial charge in [0.05, 0.1) is 5.25 Å². The largest absolute Gasteiger partial charge is 0.456 e. The molecule has 0 spiro atoms. The predicted octanol–water partition coefficient (Wildman–Crippen LogP) is 3.72. The number of fused-ring (bicyclic) bond motifs is 1. The van der Waals surface area contributed by atoms with Gasteiger partial charge in [0, 0.05) is 20.9 Å². The van der Waals surface area contributed by atoms with Crippen molar-refractivity contribution in [3.05, 3.63) is 9.89 Å². The fourth-order valence-electron chi connectivity index (χ4n) is 3.34. The number of rotatable bonds is 4. The monoisotopic (exact) mass is 477 g/mol. The van der Waals surface area contributed by atoms with Crippen LogP contribution in [0.3, 0.4) is 0 Å². The summed E-state index contributed by atoms with van der Waals surface area (Å²) in [5, 5.41) is 0.612. The van der Waals surface area contributed by atoms with Crippen LogP contribution in [0.2, 0.25) is 0 Å². The summed E-state index contributed by atoms with van der Waals surface area (Å²) in [6.07, 6.45) is 3.66. The third kappa shape index (κ3) is 5.23. The number of carbonyl (C=O) groups is 3. The van der Waals surface area contributed by atoms with E-state index in [0.29, 0.717) is 29.9 Å². The molecule has 0 aliphatic carbocycles. The topological polar surface area (TPSA) is 72.9 Å². The average Bonchev–Trinajstić information content (AvgIpc) is 3.24. The molecule has 0 radical (unpaired) electrons. The number of nitrogens with zero attached hydrogens (tertiary/aromatic N) is 1. The fourth-order valence-corrected chi connectivity index (χ4v) is 7.52. The summed E-state index contributed by atoms with van der Waals surface area (Å²) in [4.78, 5) is 38.6. The third-order valence-corrected chi connectivity index (χ3v) is 8.27. The molecule has 2 fully saturated rings. The second kappa shape index (κ2) is 8.37. The zero-order valence-corrected chi connectivity index (χ0v) is 18.8. The van der Waals surface area contributed by atoms with Crippen molar-refractivity contribution in [3.63, 3.8) is 0 Å². The smallest absolute Gasteiger partial charge is 0.411 e. The Labute approximate surface area is 176 Å². The van der Waals surface area contributed by atoms with E-state index in [2.05, 4.69) is 22.0 Å². The summed E-state index contributed by atoms with van der Waals surface area (Å²) < 4.78 is 11.8. The van der Waals surface area contributed by atoms with Gasteiger partial charge in [0.2, 0.25) is 0 Å². The van der Waals surface area contributed by atoms with E-state index in [1.807, 2.05) is 0 Å². The molecule has 0 bridgehead atoms. The second-order valence-corrected chi connectivity index (χ2v) is 11.9. The highest BCUT2D eigenvalue weighted by atomic mass is 79.9. The third-order valence-electron chi connectivity index (χ3n) is 4.56. The Morgan fingerprint density at radius 1 is 1.33 bits per heavy atom. The van der Waals surface area contributed by atoms with Gasteiger partial charge in [-0.1, -0.05) is 0 Å². The van der Waals surface area contributed by atoms with Gasteiger partial charge in [-0.2, -0.15) is 0 Å². The molecule has 0 N–H and O–H groups in total. The van der Waals surface area contributed by atoms with E-state index >= 15 is 0 Å². The molecule has 27 heavy (non-hydrogen) atoms. The van der Waals surface area contributed by atoms with E-state index in [4.69, 9.17) is 9.47 Å². The molecule has 3 aliphatic heterocycles. The van der Waals surface area contributed by atoms with E-state index in [0.717, 1.165) is 10.2 Å². The van der Waals surface area contributed by atoms with Gasteiger partial charge in [-0.05, 0) is 62.0 Å². The number of thioether (sulfide) groups is 2. The van der Waals surface area contributed by atoms with E-state index in [9.17, 15) is 14.4 Å². The molecule has 6 nitrogen and oxygen atoms in total. The molecule has 3 heterocycles. The highest BCUT2D eigenvalue weighted by molar-refractivity contribution is 9.14. The summed E-state index contributed by atoms with van der Waals surface area (Å²) in [6, 6.07) is -0.669. The van der Waals surface area contributed by atoms with Gasteiger partial charge >= 0.3 is 12.1 Å². The number of ketones is 1. The highest BCUT2D eigenvalue weighted by Gasteiger charge is 2.42. The molecule has 0 aromatic rings. The maximum Gasteiger partial charge on any atom is 0.411 e. The average molecular weight is 478 g/mol. The number of amides is 1. The SMILES string of the molecule is CC(C)(C)OC(=O)N1CCC[C@H]1C(=O)OCC(=O)C1CC2SC(Br)=CC2S1. The zero-order chi connectivity index (χ0) is 19.8. The van der Waals surface area contributed by atoms with Crippen LogP contribution >= 0.6 is 39.5 Å². The first-order chi connectivity index (χ1) is 12.6. The molecule has 3 unspecified atom stereocenters. The maximum absolute atomic E-state index is 12.4. The van der Waals surface area contributed by atoms with Crippen molar-refractivity contribution >= 4 is 57.3 Å². The fraction of sp³-hybridized carbons (Fsp3) is 0.722. The normalized spacial score (nSPS) is 30.1. The van der Waals surface area contributed by atoms with Crippen molar-refractivity contribution in [1.29, 1.82) is 0 Å². The quantitative estimate of drug-likeness (QED) is 0.571. The van der Waals surface area contributed by atoms with Crippen molar-refractivity contribution in [2.24, 2.45) is 0 Å². The summed E-state index contributed by atoms with van der Waals surface area (Å²) in [5.74, 6) is -0.582. The Balaban J connectivity index is 1.48. The lowest BCUT2D eigenvalue weighted by Crippen LogP contribution is -2.44. The number of ether oxygens (including phenoxy) is 2. The molecule has 3 aliphatic rings. The van der Waals surface area contributed by atoms with E-state index in [1.165, 1.54) is 4.90 Å². The molecule has 4 atom stereocenters. The second-order valence-electron chi connectivity index (χ2n) is 7.86. The van der Waals surface area contributed by atoms with Gasteiger partial charge in [0.25, 0.3) is 0 Å². The van der Waals surface area contributed by atoms with Gasteiger partial charge in [0.1, 0.15) is 11.6 Å². The van der Waals surface area contributed by atoms with Crippen molar-refractivity contribution in [2.45, 2.75) is 67.4 Å². The first-order valence-corrected chi connectivity index (χ1v) is 11.6. The van der Waals surface area contributed by atoms with E-state index in [1.54, 1.807) is 44.3 Å². The summed E-state index contributed by atoms with van der Waals surface area (Å²) >= 11 is 6.87. The van der Waals surface area contributed by atoms with Crippen molar-refractivity contribution in [1.82, 2.24) is 4.90 Å². The lowest BCUT2D eigenvalue weighted by Gasteiger charge is -2.27. The van der Waals surface area contributed by atoms with E-state index in [-0.39, 0.29) is 17.6 Å². The Bertz CT molecular complexity index is 663. The van der Waals surface area contributed by atoms with Crippen LogP contribution in [-0.4, -0.2) is 63.3 Å². The van der Waals surface area contributed by atoms with Gasteiger partial charge in [-0.25, -0.2) is 9.59 Å². The van der Waals surface area contributed by atoms with Crippen molar-refractivity contribution < 1.29 is 23.9 Å². The molecular weight excluding hydrogens is 454 g/mol. The predicted molar refractivity (Wildman–Crippen MR) is 110 cm³/mol. The molecule has 2 saturated heterocycles. The molecule has 150 valence electrons. The number of hydrogen-bond acceptors (Lipinski definition) is 7. The number of carbonyl (C=O) groups excluding carboxylic acids is 3. The maximum atomic E-state index is 12.4. The number of hydrogen-bond donors (Lipinski definition) is 0. The van der Waals surface area contributed by atoms with Gasteiger partial charge in [0.15, 0.2) is 12.4 Å². The minimum atomic E-state index is -0.669. The highest BCUT2D eigenvalue weighted by Crippen LogP contribution is 2.50. The number of halogens is 1. The van der Waals surface area contributed by atoms with Gasteiger partial charge in [-0.15, -0.1) is 23.5 Å². The van der Waals surface area contributed by atoms with Crippen LogP contribution in [0.25, 0.3) is 0 Å². The van der Waals surface area contributed by atoms with Gasteiger partial charge < -0.3 is 9.47 Å². The zero-order valence-electron chi connectivity index (χ0n) is 15.6. The van der Waals surface area contributed by atoms with Crippen LogP contribution in [-0.2, 0) is 19.1 Å². The summed E-state index contributed by atoms with van der Waals surface area (Å²) in [6.45, 7) is 5.59. The number of Topliss-reactive ketones (excluding diaryl/α,β-unsaturated/α-hetero) is 1. The van der Waals surface area contributed by atoms with Crippen LogP contribution in [0.1, 0.15) is 40.0 Å². The van der Waals surface area contributed by atoms with E-state index < -0.39 is 23.7 Å². The number of likely N-dealkylation sites (tertiary alicyclic amines) is 1. The van der Waals surface area contributed by atoms with Crippen LogP contribution in [0.15, 0.2) is 9.89 Å². The Morgan fingerprint density at radius 2 is 2.07 bits per heavy atom. The molecule has 3 rings (SSSR count). The minimum absolute atomic E-state index is 0.0605. The Morgan fingerprint density at radius 3 is 2.74 bits per heavy atom. The van der Waals surface area contributed by atoms with Crippen LogP contribution in [0.5, 0.6) is 0 Å². The summed E-state index contributed by atoms with van der Waals surface area (Å²) in [7, 11) is 0. The molecule has 0 saturated carbocycles. The molecule has 0 aromatic carbocycles. The first-order valence-electron chi connectivity index (χ1n) is 9.02. The Hall–Kier alpha value is -0.670. The lowest BCUT2D eigenvalue weighted by atomic mass is 10.1. The van der Waals surface area contributed by atoms with Gasteiger partial charge in [-0.3, -0.25) is 9.69 Å². The van der Waals surface area contributed by atoms with Crippen LogP contribution in [0, 0.1) is 0 Å². The lowest BCUT2D eigenvalue weighted by molar-refractivity contribution is -0.152. The summed E-state index contributed by atoms with van der Waals surface area (Å²) in [5.41, 5.74) is -0.622. The molecule has 1 amide bonds. The van der Waals surface area contributed by atoms with Crippen LogP contribution in [0.4, 0.5) is 4.79 Å². The standard InChI is InChI=1S/C18H24BrNO5S2/c1-18(2,3)25-17(23)20-6-4-5-10(20)16(22)24-9-11(21)12-7-13-14(26-12)8-15(19)27-13/h8,10,12-14H,4-7,9H2,1-3H3/t10-,12?,13?,14?/m0/s1. The number of esters is 1. The molecule has 9 heteroatoms. The Kier molecular flexibility index (Phi) is 6.52. The minimum Gasteiger partial charge on any atom is -0.456 e. The van der Waals surface area contributed by atoms with Crippen molar-refractivity contribution in [2.75, 3.05) is 13.2 Å². The van der Waals surface area contributed by atoms with Crippen LogP contribution < -0.4 is 0 Å². The molecular formula is C18H24BrNO5S2. The van der Waals surface area contributed by atoms with Crippen molar-refractivity contribution in [3.8, 4) is 0 Å².